The number of nitrogens with zero attached hydrogens (tertiary/aromatic N) is 1. The lowest BCUT2D eigenvalue weighted by Crippen LogP contribution is -2.24. The van der Waals surface area contributed by atoms with E-state index in [2.05, 4.69) is 5.32 Å². The van der Waals surface area contributed by atoms with E-state index in [-0.39, 0.29) is 44.5 Å². The molecule has 0 spiro atoms. The minimum absolute atomic E-state index is 0.0635. The quantitative estimate of drug-likeness (QED) is 0.452. The normalized spacial score (nSPS) is 11.2. The van der Waals surface area contributed by atoms with Crippen LogP contribution in [0.15, 0.2) is 53.5 Å². The van der Waals surface area contributed by atoms with Gasteiger partial charge in [0, 0.05) is 53.8 Å². The van der Waals surface area contributed by atoms with Crippen LogP contribution in [0.1, 0.15) is 28.4 Å². The molecule has 0 fully saturated rings. The third kappa shape index (κ3) is 6.11. The molecule has 0 radical (unpaired) electrons. The smallest absolute Gasteiger partial charge is 0.409 e. The summed E-state index contributed by atoms with van der Waals surface area (Å²) in [4.78, 5) is 37.8. The number of pyridine rings is 1. The molecule has 0 bridgehead atoms. The van der Waals surface area contributed by atoms with Gasteiger partial charge in [-0.1, -0.05) is 42.3 Å². The number of sulfone groups is 1. The number of hydrogen-bond acceptors (Lipinski definition) is 6. The zero-order valence-electron chi connectivity index (χ0n) is 19.1. The minimum atomic E-state index is -3.39. The predicted molar refractivity (Wildman–Crippen MR) is 135 cm³/mol. The first kappa shape index (κ1) is 26.5. The Morgan fingerprint density at radius 1 is 1.03 bits per heavy atom. The number of nitrogens with one attached hydrogen (secondary N) is 1. The van der Waals surface area contributed by atoms with Crippen molar-refractivity contribution in [3.05, 3.63) is 85.8 Å². The van der Waals surface area contributed by atoms with E-state index >= 15 is 0 Å². The first-order valence-corrected chi connectivity index (χ1v) is 13.0. The molecule has 1 amide bonds. The molecule has 0 aliphatic rings. The maximum absolute atomic E-state index is 13.6. The fraction of sp³-hybridized carbons (Fsp3) is 0.208. The second-order valence-electron chi connectivity index (χ2n) is 7.65. The topological polar surface area (TPSA) is 112 Å². The van der Waals surface area contributed by atoms with Gasteiger partial charge in [-0.05, 0) is 35.4 Å². The van der Waals surface area contributed by atoms with Crippen molar-refractivity contribution in [3.8, 4) is 16.9 Å². The molecule has 1 N–H and O–H groups in total. The van der Waals surface area contributed by atoms with Crippen LogP contribution in [0.3, 0.4) is 0 Å². The minimum Gasteiger partial charge on any atom is -0.409 e. The summed E-state index contributed by atoms with van der Waals surface area (Å²) in [6, 6.07) is 10.1. The fourth-order valence-electron chi connectivity index (χ4n) is 3.32. The van der Waals surface area contributed by atoms with Crippen LogP contribution in [0.4, 0.5) is 4.79 Å². The molecule has 3 aromatic rings. The zero-order chi connectivity index (χ0) is 25.9. The van der Waals surface area contributed by atoms with Crippen LogP contribution >= 0.6 is 23.2 Å². The Hall–Kier alpha value is -3.14. The van der Waals surface area contributed by atoms with Gasteiger partial charge in [-0.3, -0.25) is 9.59 Å². The number of benzene rings is 2. The molecule has 0 atom stereocenters. The summed E-state index contributed by atoms with van der Waals surface area (Å²) in [5.74, 6) is -0.918. The van der Waals surface area contributed by atoms with Gasteiger partial charge in [-0.25, -0.2) is 13.2 Å². The Kier molecular flexibility index (Phi) is 8.04. The Morgan fingerprint density at radius 2 is 1.74 bits per heavy atom. The SMILES string of the molecule is CCS(=O)(=O)Cc1ccc(C(=O)c2cc(Cl)ccc2Cl)c(-c2cn(C)c(=O)cc2OC(=O)NC)c1. The highest BCUT2D eigenvalue weighted by molar-refractivity contribution is 7.90. The summed E-state index contributed by atoms with van der Waals surface area (Å²) < 4.78 is 31.1. The average molecular weight is 537 g/mol. The molecule has 184 valence electrons. The second kappa shape index (κ2) is 10.6. The van der Waals surface area contributed by atoms with E-state index in [0.717, 1.165) is 6.07 Å². The van der Waals surface area contributed by atoms with Gasteiger partial charge in [0.05, 0.1) is 10.8 Å². The summed E-state index contributed by atoms with van der Waals surface area (Å²) >= 11 is 12.3. The van der Waals surface area contributed by atoms with Gasteiger partial charge < -0.3 is 14.6 Å². The Labute approximate surface area is 212 Å². The number of amides is 1. The van der Waals surface area contributed by atoms with Crippen molar-refractivity contribution in [1.82, 2.24) is 9.88 Å². The summed E-state index contributed by atoms with van der Waals surface area (Å²) in [5, 5.41) is 2.78. The van der Waals surface area contributed by atoms with Gasteiger partial charge in [-0.15, -0.1) is 0 Å². The molecular weight excluding hydrogens is 515 g/mol. The van der Waals surface area contributed by atoms with E-state index in [1.54, 1.807) is 6.07 Å². The lowest BCUT2D eigenvalue weighted by molar-refractivity contribution is 0.103. The van der Waals surface area contributed by atoms with E-state index in [0.29, 0.717) is 10.6 Å². The van der Waals surface area contributed by atoms with Crippen molar-refractivity contribution in [2.45, 2.75) is 12.7 Å². The molecule has 8 nitrogen and oxygen atoms in total. The molecule has 1 aromatic heterocycles. The average Bonchev–Trinajstić information content (AvgIpc) is 2.82. The molecule has 35 heavy (non-hydrogen) atoms. The van der Waals surface area contributed by atoms with Crippen LogP contribution in [-0.2, 0) is 22.6 Å². The van der Waals surface area contributed by atoms with Crippen LogP contribution in [0, 0.1) is 0 Å². The van der Waals surface area contributed by atoms with E-state index in [1.165, 1.54) is 62.1 Å². The molecule has 2 aromatic carbocycles. The van der Waals surface area contributed by atoms with Gasteiger partial charge in [0.25, 0.3) is 5.56 Å². The first-order valence-electron chi connectivity index (χ1n) is 10.4. The van der Waals surface area contributed by atoms with Crippen LogP contribution in [0.25, 0.3) is 11.1 Å². The molecular formula is C24H22Cl2N2O6S. The van der Waals surface area contributed by atoms with E-state index < -0.39 is 27.3 Å². The number of aryl methyl sites for hydroxylation is 1. The summed E-state index contributed by atoms with van der Waals surface area (Å²) in [6.45, 7) is 1.54. The van der Waals surface area contributed by atoms with E-state index in [9.17, 15) is 22.8 Å². The van der Waals surface area contributed by atoms with E-state index in [4.69, 9.17) is 27.9 Å². The molecule has 3 rings (SSSR count). The van der Waals surface area contributed by atoms with Crippen LogP contribution in [0.5, 0.6) is 5.75 Å². The maximum atomic E-state index is 13.6. The molecule has 0 aliphatic carbocycles. The fourth-order valence-corrected chi connectivity index (χ4v) is 4.59. The number of hydrogen-bond donors (Lipinski definition) is 1. The number of aromatic nitrogens is 1. The lowest BCUT2D eigenvalue weighted by Gasteiger charge is -2.16. The Morgan fingerprint density at radius 3 is 2.40 bits per heavy atom. The number of carbonyl (C=O) groups excluding carboxylic acids is 2. The third-order valence-electron chi connectivity index (χ3n) is 5.22. The number of carbonyl (C=O) groups is 2. The highest BCUT2D eigenvalue weighted by Gasteiger charge is 2.23. The van der Waals surface area contributed by atoms with Gasteiger partial charge in [0.15, 0.2) is 15.6 Å². The summed E-state index contributed by atoms with van der Waals surface area (Å²) in [6.07, 6.45) is 0.583. The molecule has 1 heterocycles. The molecule has 0 aliphatic heterocycles. The highest BCUT2D eigenvalue weighted by atomic mass is 35.5. The second-order valence-corrected chi connectivity index (χ2v) is 10.8. The molecule has 0 saturated heterocycles. The Balaban J connectivity index is 2.31. The lowest BCUT2D eigenvalue weighted by atomic mass is 9.92. The number of halogens is 2. The van der Waals surface area contributed by atoms with Crippen molar-refractivity contribution >= 4 is 44.9 Å². The third-order valence-corrected chi connectivity index (χ3v) is 7.43. The largest absolute Gasteiger partial charge is 0.412 e. The van der Waals surface area contributed by atoms with Crippen LogP contribution in [0.2, 0.25) is 10.0 Å². The number of rotatable bonds is 7. The van der Waals surface area contributed by atoms with Gasteiger partial charge in [0.1, 0.15) is 5.75 Å². The standard InChI is InChI=1S/C24H22Cl2N2O6S/c1-4-35(32,33)13-14-5-7-16(23(30)18-10-15(25)6-8-20(18)26)17(9-14)19-12-28(3)22(29)11-21(19)34-24(31)27-2/h5-12H,4,13H2,1-3H3,(H,27,31). The van der Waals surface area contributed by atoms with Crippen LogP contribution in [-0.4, -0.2) is 37.7 Å². The maximum Gasteiger partial charge on any atom is 0.412 e. The monoisotopic (exact) mass is 536 g/mol. The molecule has 11 heteroatoms. The van der Waals surface area contributed by atoms with E-state index in [1.807, 2.05) is 0 Å². The van der Waals surface area contributed by atoms with Crippen molar-refractivity contribution < 1.29 is 22.7 Å². The summed E-state index contributed by atoms with van der Waals surface area (Å²) in [5.41, 5.74) is 0.718. The Bertz CT molecular complexity index is 1480. The number of ether oxygens (including phenoxy) is 1. The van der Waals surface area contributed by atoms with Crippen molar-refractivity contribution in [3.63, 3.8) is 0 Å². The van der Waals surface area contributed by atoms with Gasteiger partial charge >= 0.3 is 6.09 Å². The van der Waals surface area contributed by atoms with Crippen LogP contribution < -0.4 is 15.6 Å². The number of ketones is 1. The molecule has 0 saturated carbocycles. The first-order chi connectivity index (χ1) is 16.5. The van der Waals surface area contributed by atoms with Crippen molar-refractivity contribution in [1.29, 1.82) is 0 Å². The summed E-state index contributed by atoms with van der Waals surface area (Å²) in [7, 11) is -0.538. The zero-order valence-corrected chi connectivity index (χ0v) is 21.4. The highest BCUT2D eigenvalue weighted by Crippen LogP contribution is 2.35. The van der Waals surface area contributed by atoms with Gasteiger partial charge in [-0.2, -0.15) is 0 Å². The predicted octanol–water partition coefficient (Wildman–Crippen LogP) is 4.24. The molecule has 0 unspecified atom stereocenters. The van der Waals surface area contributed by atoms with Gasteiger partial charge in [0.2, 0.25) is 0 Å². The van der Waals surface area contributed by atoms with Crippen molar-refractivity contribution in [2.75, 3.05) is 12.8 Å². The van der Waals surface area contributed by atoms with Crippen molar-refractivity contribution in [2.24, 2.45) is 7.05 Å².